The molecule has 0 spiro atoms. The summed E-state index contributed by atoms with van der Waals surface area (Å²) >= 11 is 0. The Hall–Kier alpha value is -2.21. The highest BCUT2D eigenvalue weighted by atomic mass is 16.5. The number of carbonyl (C=O) groups excluding carboxylic acids is 1. The van der Waals surface area contributed by atoms with Crippen molar-refractivity contribution in [1.29, 1.82) is 0 Å². The zero-order chi connectivity index (χ0) is 16.9. The molecule has 0 aliphatic carbocycles. The van der Waals surface area contributed by atoms with Crippen molar-refractivity contribution < 1.29 is 9.32 Å². The molecule has 1 amide bonds. The molecule has 1 aromatic carbocycles. The topological polar surface area (TPSA) is 71.3 Å². The number of nitrogens with one attached hydrogen (secondary N) is 1. The highest BCUT2D eigenvalue weighted by Crippen LogP contribution is 2.20. The summed E-state index contributed by atoms with van der Waals surface area (Å²) in [5.74, 6) is 1.41. The summed E-state index contributed by atoms with van der Waals surface area (Å²) < 4.78 is 5.39. The van der Waals surface area contributed by atoms with Gasteiger partial charge in [0.1, 0.15) is 0 Å². The van der Waals surface area contributed by atoms with Gasteiger partial charge in [0.2, 0.25) is 17.6 Å². The number of piperidine rings is 1. The Morgan fingerprint density at radius 1 is 1.38 bits per heavy atom. The Balaban J connectivity index is 1.62. The molecule has 6 nitrogen and oxygen atoms in total. The van der Waals surface area contributed by atoms with E-state index in [1.807, 2.05) is 38.1 Å². The van der Waals surface area contributed by atoms with Crippen LogP contribution in [0.25, 0.3) is 11.4 Å². The molecule has 1 atom stereocenters. The van der Waals surface area contributed by atoms with Crippen molar-refractivity contribution in [3.8, 4) is 11.4 Å². The van der Waals surface area contributed by atoms with Crippen LogP contribution >= 0.6 is 0 Å². The molecule has 0 saturated carbocycles. The molecule has 2 aromatic rings. The van der Waals surface area contributed by atoms with E-state index in [0.717, 1.165) is 31.5 Å². The molecule has 1 aliphatic rings. The molecule has 1 saturated heterocycles. The van der Waals surface area contributed by atoms with Crippen molar-refractivity contribution >= 4 is 5.91 Å². The molecule has 1 aliphatic heterocycles. The highest BCUT2D eigenvalue weighted by molar-refractivity contribution is 5.78. The predicted octanol–water partition coefficient (Wildman–Crippen LogP) is 2.39. The van der Waals surface area contributed by atoms with Crippen molar-refractivity contribution in [1.82, 2.24) is 20.4 Å². The van der Waals surface area contributed by atoms with Gasteiger partial charge in [0.25, 0.3) is 0 Å². The molecule has 128 valence electrons. The van der Waals surface area contributed by atoms with Crippen molar-refractivity contribution in [3.05, 3.63) is 35.7 Å². The second kappa shape index (κ2) is 7.57. The van der Waals surface area contributed by atoms with Gasteiger partial charge in [-0.1, -0.05) is 35.0 Å². The van der Waals surface area contributed by atoms with Crippen LogP contribution in [0.5, 0.6) is 0 Å². The van der Waals surface area contributed by atoms with Crippen LogP contribution in [0.4, 0.5) is 0 Å². The second-order valence-electron chi connectivity index (χ2n) is 6.35. The molecular weight excluding hydrogens is 304 g/mol. The largest absolute Gasteiger partial charge is 0.356 e. The fourth-order valence-corrected chi connectivity index (χ4v) is 3.06. The molecule has 1 aromatic heterocycles. The van der Waals surface area contributed by atoms with E-state index in [2.05, 4.69) is 20.4 Å². The van der Waals surface area contributed by atoms with Gasteiger partial charge >= 0.3 is 0 Å². The number of hydrogen-bond donors (Lipinski definition) is 1. The standard InChI is InChI=1S/C18H24N4O2/c1-3-19-18(23)15-5-4-10-22(11-15)12-16-20-17(21-24-16)14-8-6-13(2)7-9-14/h6-9,15H,3-5,10-12H2,1-2H3,(H,19,23). The van der Waals surface area contributed by atoms with Gasteiger partial charge in [-0.25, -0.2) is 0 Å². The molecule has 1 unspecified atom stereocenters. The number of nitrogens with zero attached hydrogens (tertiary/aromatic N) is 3. The van der Waals surface area contributed by atoms with E-state index in [9.17, 15) is 4.79 Å². The van der Waals surface area contributed by atoms with Crippen LogP contribution in [-0.2, 0) is 11.3 Å². The average molecular weight is 328 g/mol. The Labute approximate surface area is 142 Å². The zero-order valence-corrected chi connectivity index (χ0v) is 14.3. The van der Waals surface area contributed by atoms with Crippen molar-refractivity contribution in [2.45, 2.75) is 33.2 Å². The van der Waals surface area contributed by atoms with Crippen LogP contribution in [0.1, 0.15) is 31.2 Å². The number of carbonyl (C=O) groups is 1. The first-order valence-electron chi connectivity index (χ1n) is 8.55. The molecule has 3 rings (SSSR count). The van der Waals surface area contributed by atoms with Crippen molar-refractivity contribution in [3.63, 3.8) is 0 Å². The van der Waals surface area contributed by atoms with E-state index in [-0.39, 0.29) is 11.8 Å². The minimum Gasteiger partial charge on any atom is -0.356 e. The maximum Gasteiger partial charge on any atom is 0.241 e. The number of rotatable bonds is 5. The fourth-order valence-electron chi connectivity index (χ4n) is 3.06. The van der Waals surface area contributed by atoms with Gasteiger partial charge in [-0.05, 0) is 33.2 Å². The molecule has 1 fully saturated rings. The molecular formula is C18H24N4O2. The molecule has 2 heterocycles. The fraction of sp³-hybridized carbons (Fsp3) is 0.500. The second-order valence-corrected chi connectivity index (χ2v) is 6.35. The molecule has 0 radical (unpaired) electrons. The van der Waals surface area contributed by atoms with Gasteiger partial charge in [-0.15, -0.1) is 0 Å². The summed E-state index contributed by atoms with van der Waals surface area (Å²) in [6, 6.07) is 8.06. The third-order valence-corrected chi connectivity index (χ3v) is 4.36. The van der Waals surface area contributed by atoms with Gasteiger partial charge in [0.05, 0.1) is 12.5 Å². The van der Waals surface area contributed by atoms with Crippen molar-refractivity contribution in [2.24, 2.45) is 5.92 Å². The molecule has 6 heteroatoms. The third-order valence-electron chi connectivity index (χ3n) is 4.36. The summed E-state index contributed by atoms with van der Waals surface area (Å²) in [5.41, 5.74) is 2.15. The molecule has 24 heavy (non-hydrogen) atoms. The lowest BCUT2D eigenvalue weighted by Crippen LogP contribution is -2.42. The highest BCUT2D eigenvalue weighted by Gasteiger charge is 2.26. The Morgan fingerprint density at radius 2 is 2.17 bits per heavy atom. The van der Waals surface area contributed by atoms with Gasteiger partial charge < -0.3 is 9.84 Å². The number of aromatic nitrogens is 2. The van der Waals surface area contributed by atoms with Crippen LogP contribution in [0, 0.1) is 12.8 Å². The molecule has 1 N–H and O–H groups in total. The van der Waals surface area contributed by atoms with E-state index in [0.29, 0.717) is 24.8 Å². The maximum atomic E-state index is 12.0. The lowest BCUT2D eigenvalue weighted by molar-refractivity contribution is -0.126. The summed E-state index contributed by atoms with van der Waals surface area (Å²) in [7, 11) is 0. The van der Waals surface area contributed by atoms with E-state index >= 15 is 0 Å². The summed E-state index contributed by atoms with van der Waals surface area (Å²) in [4.78, 5) is 18.7. The van der Waals surface area contributed by atoms with Crippen molar-refractivity contribution in [2.75, 3.05) is 19.6 Å². The number of likely N-dealkylation sites (tertiary alicyclic amines) is 1. The van der Waals surface area contributed by atoms with Gasteiger partial charge in [0, 0.05) is 18.7 Å². The SMILES string of the molecule is CCNC(=O)C1CCCN(Cc2nc(-c3ccc(C)cc3)no2)C1. The van der Waals surface area contributed by atoms with Crippen LogP contribution in [-0.4, -0.2) is 40.6 Å². The Bertz CT molecular complexity index is 681. The van der Waals surface area contributed by atoms with Crippen LogP contribution in [0.3, 0.4) is 0 Å². The van der Waals surface area contributed by atoms with E-state index in [4.69, 9.17) is 4.52 Å². The normalized spacial score (nSPS) is 18.5. The Kier molecular flexibility index (Phi) is 5.25. The average Bonchev–Trinajstić information content (AvgIpc) is 3.04. The van der Waals surface area contributed by atoms with Gasteiger partial charge in [-0.2, -0.15) is 4.98 Å². The summed E-state index contributed by atoms with van der Waals surface area (Å²) in [5, 5.41) is 6.99. The third kappa shape index (κ3) is 4.00. The van der Waals surface area contributed by atoms with Crippen LogP contribution in [0.15, 0.2) is 28.8 Å². The number of aryl methyl sites for hydroxylation is 1. The van der Waals surface area contributed by atoms with Gasteiger partial charge in [-0.3, -0.25) is 9.69 Å². The minimum absolute atomic E-state index is 0.0539. The van der Waals surface area contributed by atoms with E-state index < -0.39 is 0 Å². The lowest BCUT2D eigenvalue weighted by atomic mass is 9.97. The first-order valence-corrected chi connectivity index (χ1v) is 8.55. The van der Waals surface area contributed by atoms with E-state index in [1.165, 1.54) is 5.56 Å². The number of hydrogen-bond acceptors (Lipinski definition) is 5. The first kappa shape index (κ1) is 16.6. The minimum atomic E-state index is 0.0539. The zero-order valence-electron chi connectivity index (χ0n) is 14.3. The summed E-state index contributed by atoms with van der Waals surface area (Å²) in [6.07, 6.45) is 1.96. The predicted molar refractivity (Wildman–Crippen MR) is 91.2 cm³/mol. The Morgan fingerprint density at radius 3 is 2.92 bits per heavy atom. The summed E-state index contributed by atoms with van der Waals surface area (Å²) in [6.45, 7) is 6.97. The first-order chi connectivity index (χ1) is 11.7. The van der Waals surface area contributed by atoms with Crippen LogP contribution in [0.2, 0.25) is 0 Å². The lowest BCUT2D eigenvalue weighted by Gasteiger charge is -2.30. The monoisotopic (exact) mass is 328 g/mol. The smallest absolute Gasteiger partial charge is 0.241 e. The van der Waals surface area contributed by atoms with Gasteiger partial charge in [0.15, 0.2) is 0 Å². The number of amides is 1. The van der Waals surface area contributed by atoms with E-state index in [1.54, 1.807) is 0 Å². The number of benzene rings is 1. The molecule has 0 bridgehead atoms. The van der Waals surface area contributed by atoms with Crippen LogP contribution < -0.4 is 5.32 Å². The maximum absolute atomic E-state index is 12.0. The quantitative estimate of drug-likeness (QED) is 0.912.